The number of benzene rings is 3. The summed E-state index contributed by atoms with van der Waals surface area (Å²) in [6.07, 6.45) is 0. The number of imidazole rings is 1. The molecule has 4 rings (SSSR count). The van der Waals surface area contributed by atoms with Crippen LogP contribution in [0, 0.1) is 0 Å². The van der Waals surface area contributed by atoms with Gasteiger partial charge in [0, 0.05) is 15.6 Å². The van der Waals surface area contributed by atoms with Gasteiger partial charge in [-0.25, -0.2) is 4.98 Å². The molecule has 0 spiro atoms. The van der Waals surface area contributed by atoms with E-state index < -0.39 is 0 Å². The quantitative estimate of drug-likeness (QED) is 0.468. The van der Waals surface area contributed by atoms with E-state index in [9.17, 15) is 0 Å². The van der Waals surface area contributed by atoms with Crippen LogP contribution in [-0.4, -0.2) is 17.1 Å². The van der Waals surface area contributed by atoms with Crippen LogP contribution in [0.3, 0.4) is 0 Å². The smallest absolute Gasteiger partial charge is 0.138 e. The largest absolute Gasteiger partial charge is 0.496 e. The maximum atomic E-state index is 5.92. The molecule has 4 nitrogen and oxygen atoms in total. The lowest BCUT2D eigenvalue weighted by molar-refractivity contribution is 0.296. The lowest BCUT2D eigenvalue weighted by Gasteiger charge is -2.12. The van der Waals surface area contributed by atoms with Crippen LogP contribution in [0.15, 0.2) is 71.2 Å². The molecule has 0 fully saturated rings. The molecule has 26 heavy (non-hydrogen) atoms. The fraction of sp³-hybridized carbons (Fsp3) is 0.0952. The maximum Gasteiger partial charge on any atom is 0.138 e. The Labute approximate surface area is 159 Å². The summed E-state index contributed by atoms with van der Waals surface area (Å²) in [5, 5.41) is 0. The molecule has 1 N–H and O–H groups in total. The molecule has 0 amide bonds. The summed E-state index contributed by atoms with van der Waals surface area (Å²) in [4.78, 5) is 8.02. The number of hydrogen-bond acceptors (Lipinski definition) is 3. The Bertz CT molecular complexity index is 1030. The second-order valence-corrected chi connectivity index (χ2v) is 6.79. The minimum atomic E-state index is 0.410. The fourth-order valence-electron chi connectivity index (χ4n) is 2.85. The highest BCUT2D eigenvalue weighted by Crippen LogP contribution is 2.28. The summed E-state index contributed by atoms with van der Waals surface area (Å²) >= 11 is 3.46. The van der Waals surface area contributed by atoms with E-state index in [1.807, 2.05) is 60.7 Å². The van der Waals surface area contributed by atoms with Gasteiger partial charge in [-0.2, -0.15) is 0 Å². The van der Waals surface area contributed by atoms with Crippen molar-refractivity contribution in [3.8, 4) is 22.9 Å². The van der Waals surface area contributed by atoms with Crippen LogP contribution in [-0.2, 0) is 6.61 Å². The molecular weight excluding hydrogens is 392 g/mol. The lowest BCUT2D eigenvalue weighted by atomic mass is 10.1. The third-order valence-corrected chi connectivity index (χ3v) is 4.63. The molecule has 130 valence electrons. The van der Waals surface area contributed by atoms with Gasteiger partial charge in [-0.05, 0) is 48.5 Å². The highest BCUT2D eigenvalue weighted by atomic mass is 79.9. The van der Waals surface area contributed by atoms with E-state index in [0.29, 0.717) is 6.61 Å². The molecule has 4 aromatic rings. The van der Waals surface area contributed by atoms with Crippen LogP contribution in [0.5, 0.6) is 11.5 Å². The van der Waals surface area contributed by atoms with Crippen molar-refractivity contribution >= 4 is 27.0 Å². The zero-order valence-electron chi connectivity index (χ0n) is 14.2. The molecule has 0 atom stereocenters. The second kappa shape index (κ2) is 7.22. The molecule has 5 heteroatoms. The van der Waals surface area contributed by atoms with Crippen LogP contribution >= 0.6 is 15.9 Å². The Morgan fingerprint density at radius 2 is 1.88 bits per heavy atom. The van der Waals surface area contributed by atoms with Gasteiger partial charge in [-0.3, -0.25) is 0 Å². The molecule has 0 saturated carbocycles. The molecular formula is C21H17BrN2O2. The third-order valence-electron chi connectivity index (χ3n) is 4.13. The maximum absolute atomic E-state index is 5.92. The molecule has 0 unspecified atom stereocenters. The molecule has 1 aromatic heterocycles. The third kappa shape index (κ3) is 3.44. The first-order valence-corrected chi connectivity index (χ1v) is 9.02. The van der Waals surface area contributed by atoms with Crippen LogP contribution in [0.2, 0.25) is 0 Å². The van der Waals surface area contributed by atoms with Crippen LogP contribution in [0.1, 0.15) is 5.56 Å². The number of ether oxygens (including phenoxy) is 2. The number of halogens is 1. The SMILES string of the molecule is COc1ccc(-c2nc3ccccc3[nH]2)cc1COc1cccc(Br)c1. The first-order valence-electron chi connectivity index (χ1n) is 8.23. The van der Waals surface area contributed by atoms with Crippen molar-refractivity contribution < 1.29 is 9.47 Å². The van der Waals surface area contributed by atoms with Crippen molar-refractivity contribution in [2.45, 2.75) is 6.61 Å². The van der Waals surface area contributed by atoms with Gasteiger partial charge in [-0.15, -0.1) is 0 Å². The van der Waals surface area contributed by atoms with Gasteiger partial charge in [0.25, 0.3) is 0 Å². The summed E-state index contributed by atoms with van der Waals surface area (Å²) in [6, 6.07) is 21.8. The van der Waals surface area contributed by atoms with E-state index in [-0.39, 0.29) is 0 Å². The number of nitrogens with zero attached hydrogens (tertiary/aromatic N) is 1. The van der Waals surface area contributed by atoms with E-state index >= 15 is 0 Å². The summed E-state index contributed by atoms with van der Waals surface area (Å²) in [5.41, 5.74) is 3.93. The summed E-state index contributed by atoms with van der Waals surface area (Å²) in [6.45, 7) is 0.410. The second-order valence-electron chi connectivity index (χ2n) is 5.88. The summed E-state index contributed by atoms with van der Waals surface area (Å²) in [7, 11) is 1.67. The van der Waals surface area contributed by atoms with E-state index in [2.05, 4.69) is 32.0 Å². The summed E-state index contributed by atoms with van der Waals surface area (Å²) in [5.74, 6) is 2.42. The normalized spacial score (nSPS) is 10.8. The Hall–Kier alpha value is -2.79. The molecule has 0 aliphatic rings. The van der Waals surface area contributed by atoms with E-state index in [4.69, 9.17) is 9.47 Å². The standard InChI is InChI=1S/C21H17BrN2O2/c1-25-20-10-9-14(21-23-18-7-2-3-8-19(18)24-21)11-15(20)13-26-17-6-4-5-16(22)12-17/h2-12H,13H2,1H3,(H,23,24). The molecule has 1 heterocycles. The zero-order chi connectivity index (χ0) is 17.9. The average Bonchev–Trinajstić information content (AvgIpc) is 3.10. The number of para-hydroxylation sites is 2. The molecule has 0 radical (unpaired) electrons. The van der Waals surface area contributed by atoms with Gasteiger partial charge in [0.15, 0.2) is 0 Å². The molecule has 3 aromatic carbocycles. The number of fused-ring (bicyclic) bond motifs is 1. The number of aromatic amines is 1. The average molecular weight is 409 g/mol. The highest BCUT2D eigenvalue weighted by Gasteiger charge is 2.10. The van der Waals surface area contributed by atoms with Gasteiger partial charge in [0.1, 0.15) is 23.9 Å². The lowest BCUT2D eigenvalue weighted by Crippen LogP contribution is -1.99. The van der Waals surface area contributed by atoms with Gasteiger partial charge in [0.2, 0.25) is 0 Å². The van der Waals surface area contributed by atoms with E-state index in [0.717, 1.165) is 44.0 Å². The van der Waals surface area contributed by atoms with Crippen molar-refractivity contribution in [3.05, 3.63) is 76.8 Å². The molecule has 0 aliphatic heterocycles. The Kier molecular flexibility index (Phi) is 4.63. The number of rotatable bonds is 5. The van der Waals surface area contributed by atoms with Crippen LogP contribution < -0.4 is 9.47 Å². The first kappa shape index (κ1) is 16.7. The Balaban J connectivity index is 1.64. The Morgan fingerprint density at radius 1 is 1.00 bits per heavy atom. The van der Waals surface area contributed by atoms with Crippen molar-refractivity contribution in [1.29, 1.82) is 0 Å². The number of nitrogens with one attached hydrogen (secondary N) is 1. The molecule has 0 bridgehead atoms. The van der Waals surface area contributed by atoms with E-state index in [1.54, 1.807) is 7.11 Å². The van der Waals surface area contributed by atoms with Crippen LogP contribution in [0.25, 0.3) is 22.4 Å². The van der Waals surface area contributed by atoms with Crippen molar-refractivity contribution in [2.75, 3.05) is 7.11 Å². The topological polar surface area (TPSA) is 47.1 Å². The van der Waals surface area contributed by atoms with Gasteiger partial charge < -0.3 is 14.5 Å². The fourth-order valence-corrected chi connectivity index (χ4v) is 3.22. The van der Waals surface area contributed by atoms with Crippen molar-refractivity contribution in [3.63, 3.8) is 0 Å². The van der Waals surface area contributed by atoms with E-state index in [1.165, 1.54) is 0 Å². The zero-order valence-corrected chi connectivity index (χ0v) is 15.8. The van der Waals surface area contributed by atoms with Gasteiger partial charge in [-0.1, -0.05) is 34.1 Å². The monoisotopic (exact) mass is 408 g/mol. The minimum absolute atomic E-state index is 0.410. The van der Waals surface area contributed by atoms with Crippen molar-refractivity contribution in [2.24, 2.45) is 0 Å². The first-order chi connectivity index (χ1) is 12.7. The minimum Gasteiger partial charge on any atom is -0.496 e. The molecule has 0 aliphatic carbocycles. The highest BCUT2D eigenvalue weighted by molar-refractivity contribution is 9.10. The van der Waals surface area contributed by atoms with Crippen LogP contribution in [0.4, 0.5) is 0 Å². The number of aromatic nitrogens is 2. The predicted molar refractivity (Wildman–Crippen MR) is 107 cm³/mol. The predicted octanol–water partition coefficient (Wildman–Crippen LogP) is 5.58. The molecule has 0 saturated heterocycles. The number of methoxy groups -OCH3 is 1. The Morgan fingerprint density at radius 3 is 2.69 bits per heavy atom. The van der Waals surface area contributed by atoms with Gasteiger partial charge >= 0.3 is 0 Å². The van der Waals surface area contributed by atoms with Crippen molar-refractivity contribution in [1.82, 2.24) is 9.97 Å². The number of H-pyrrole nitrogens is 1. The van der Waals surface area contributed by atoms with Gasteiger partial charge in [0.05, 0.1) is 18.1 Å². The number of hydrogen-bond donors (Lipinski definition) is 1. The summed E-state index contributed by atoms with van der Waals surface area (Å²) < 4.78 is 12.4.